The highest BCUT2D eigenvalue weighted by Gasteiger charge is 2.31. The average molecular weight is 395 g/mol. The number of ether oxygens (including phenoxy) is 3. The number of carbonyl (C=O) groups excluding carboxylic acids is 1. The maximum Gasteiger partial charge on any atom is 0.416 e. The van der Waals surface area contributed by atoms with E-state index < -0.39 is 7.80 Å². The maximum absolute atomic E-state index is 13.3. The Hall–Kier alpha value is -3.17. The van der Waals surface area contributed by atoms with Crippen molar-refractivity contribution < 1.29 is 23.6 Å². The first kappa shape index (κ1) is 19.6. The van der Waals surface area contributed by atoms with Crippen molar-refractivity contribution in [2.75, 3.05) is 21.3 Å². The predicted molar refractivity (Wildman–Crippen MR) is 109 cm³/mol. The quantitative estimate of drug-likeness (QED) is 0.451. The summed E-state index contributed by atoms with van der Waals surface area (Å²) in [5.74, 6) is 0.768. The lowest BCUT2D eigenvalue weighted by atomic mass is 10.0. The molecule has 28 heavy (non-hydrogen) atoms. The summed E-state index contributed by atoms with van der Waals surface area (Å²) in [5, 5.41) is 1.14. The van der Waals surface area contributed by atoms with Gasteiger partial charge in [-0.3, -0.25) is 4.79 Å². The Morgan fingerprint density at radius 2 is 1.36 bits per heavy atom. The molecule has 0 saturated heterocycles. The van der Waals surface area contributed by atoms with E-state index in [1.54, 1.807) is 48.5 Å². The van der Waals surface area contributed by atoms with Gasteiger partial charge in [-0.05, 0) is 36.4 Å². The van der Waals surface area contributed by atoms with Crippen LogP contribution < -0.4 is 24.8 Å². The first-order chi connectivity index (χ1) is 13.6. The molecule has 0 N–H and O–H groups in total. The molecule has 1 atom stereocenters. The van der Waals surface area contributed by atoms with E-state index in [1.165, 1.54) is 21.3 Å². The van der Waals surface area contributed by atoms with Gasteiger partial charge in [-0.25, -0.2) is 0 Å². The van der Waals surface area contributed by atoms with Crippen molar-refractivity contribution in [2.45, 2.75) is 0 Å². The Labute approximate surface area is 164 Å². The van der Waals surface area contributed by atoms with Gasteiger partial charge in [0, 0.05) is 0 Å². The summed E-state index contributed by atoms with van der Waals surface area (Å²) >= 11 is 0. The normalized spacial score (nSPS) is 10.9. The summed E-state index contributed by atoms with van der Waals surface area (Å²) in [5.41, 5.74) is 0.669. The molecule has 0 fully saturated rings. The molecule has 0 spiro atoms. The van der Waals surface area contributed by atoms with Gasteiger partial charge >= 0.3 is 7.80 Å². The van der Waals surface area contributed by atoms with Crippen LogP contribution in [-0.4, -0.2) is 27.1 Å². The molecule has 0 aliphatic heterocycles. The van der Waals surface area contributed by atoms with E-state index in [2.05, 4.69) is 0 Å². The average Bonchev–Trinajstić information content (AvgIpc) is 2.77. The van der Waals surface area contributed by atoms with Crippen molar-refractivity contribution in [2.24, 2.45) is 0 Å². The summed E-state index contributed by atoms with van der Waals surface area (Å²) in [4.78, 5) is 13.3. The van der Waals surface area contributed by atoms with Gasteiger partial charge in [-0.2, -0.15) is 0 Å². The van der Waals surface area contributed by atoms with Crippen LogP contribution in [-0.2, 0) is 4.57 Å². The van der Waals surface area contributed by atoms with Crippen molar-refractivity contribution in [1.82, 2.24) is 0 Å². The lowest BCUT2D eigenvalue weighted by molar-refractivity contribution is 0.103. The molecule has 142 valence electrons. The van der Waals surface area contributed by atoms with Gasteiger partial charge in [0.05, 0.1) is 32.5 Å². The van der Waals surface area contributed by atoms with Gasteiger partial charge in [0.25, 0.3) is 0 Å². The lowest BCUT2D eigenvalue weighted by Gasteiger charge is -2.15. The second-order valence-electron chi connectivity index (χ2n) is 5.86. The van der Waals surface area contributed by atoms with Crippen molar-refractivity contribution in [3.63, 3.8) is 0 Å². The zero-order valence-corrected chi connectivity index (χ0v) is 16.7. The van der Waals surface area contributed by atoms with Crippen LogP contribution in [0.15, 0.2) is 66.7 Å². The molecule has 0 heterocycles. The molecule has 3 aromatic rings. The van der Waals surface area contributed by atoms with Crippen LogP contribution >= 0.6 is 7.80 Å². The van der Waals surface area contributed by atoms with Crippen LogP contribution in [0, 0.1) is 0 Å². The summed E-state index contributed by atoms with van der Waals surface area (Å²) in [6, 6.07) is 19.3. The SMILES string of the molecule is COc1ccc(C(=O)c2ccccc2[P+](=O)c2ccccc2)c(OC)c1OC. The molecule has 6 heteroatoms. The van der Waals surface area contributed by atoms with Crippen molar-refractivity contribution in [3.8, 4) is 17.2 Å². The Kier molecular flexibility index (Phi) is 6.07. The smallest absolute Gasteiger partial charge is 0.416 e. The molecule has 0 amide bonds. The highest BCUT2D eigenvalue weighted by molar-refractivity contribution is 7.61. The molecule has 0 aliphatic rings. The molecule has 5 nitrogen and oxygen atoms in total. The zero-order valence-electron chi connectivity index (χ0n) is 15.8. The Balaban J connectivity index is 2.11. The summed E-state index contributed by atoms with van der Waals surface area (Å²) in [7, 11) is 2.54. The summed E-state index contributed by atoms with van der Waals surface area (Å²) < 4.78 is 29.2. The molecule has 0 aliphatic carbocycles. The van der Waals surface area contributed by atoms with Gasteiger partial charge in [0.1, 0.15) is 0 Å². The number of carbonyl (C=O) groups is 1. The molecule has 3 rings (SSSR count). The summed E-state index contributed by atoms with van der Waals surface area (Å²) in [6.07, 6.45) is 0. The van der Waals surface area contributed by atoms with E-state index in [-0.39, 0.29) is 11.5 Å². The van der Waals surface area contributed by atoms with Crippen molar-refractivity contribution in [3.05, 3.63) is 77.9 Å². The van der Waals surface area contributed by atoms with Gasteiger partial charge in [-0.15, -0.1) is 0 Å². The van der Waals surface area contributed by atoms with Crippen LogP contribution in [0.25, 0.3) is 0 Å². The predicted octanol–water partition coefficient (Wildman–Crippen LogP) is 3.72. The molecule has 0 aromatic heterocycles. The zero-order chi connectivity index (χ0) is 20.1. The number of ketones is 1. The first-order valence-electron chi connectivity index (χ1n) is 8.57. The third-order valence-corrected chi connectivity index (χ3v) is 5.90. The van der Waals surface area contributed by atoms with E-state index >= 15 is 0 Å². The number of benzene rings is 3. The molecule has 3 aromatic carbocycles. The molecular weight excluding hydrogens is 375 g/mol. The fraction of sp³-hybridized carbons (Fsp3) is 0.136. The molecule has 1 unspecified atom stereocenters. The second-order valence-corrected chi connectivity index (χ2v) is 7.45. The number of rotatable bonds is 7. The maximum atomic E-state index is 13.3. The largest absolute Gasteiger partial charge is 0.493 e. The third-order valence-electron chi connectivity index (χ3n) is 4.31. The van der Waals surface area contributed by atoms with Crippen LogP contribution in [0.2, 0.25) is 0 Å². The second kappa shape index (κ2) is 8.68. The van der Waals surface area contributed by atoms with E-state index in [0.29, 0.717) is 33.2 Å². The number of hydrogen-bond acceptors (Lipinski definition) is 5. The minimum Gasteiger partial charge on any atom is -0.493 e. The molecule has 0 radical (unpaired) electrons. The van der Waals surface area contributed by atoms with Crippen molar-refractivity contribution in [1.29, 1.82) is 0 Å². The standard InChI is InChI=1S/C22H20O5P/c1-25-18-14-13-17(21(26-2)22(18)27-3)20(23)16-11-7-8-12-19(16)28(24)15-9-5-4-6-10-15/h4-14H,1-3H3/q+1. The monoisotopic (exact) mass is 395 g/mol. The Morgan fingerprint density at radius 3 is 2.00 bits per heavy atom. The molecule has 0 bridgehead atoms. The summed E-state index contributed by atoms with van der Waals surface area (Å²) in [6.45, 7) is 0. The minimum atomic E-state index is -1.92. The van der Waals surface area contributed by atoms with E-state index in [1.807, 2.05) is 18.2 Å². The van der Waals surface area contributed by atoms with Gasteiger partial charge in [-0.1, -0.05) is 34.9 Å². The lowest BCUT2D eigenvalue weighted by Crippen LogP contribution is -2.17. The number of methoxy groups -OCH3 is 3. The fourth-order valence-corrected chi connectivity index (χ4v) is 4.31. The first-order valence-corrected chi connectivity index (χ1v) is 9.83. The van der Waals surface area contributed by atoms with E-state index in [4.69, 9.17) is 14.2 Å². The van der Waals surface area contributed by atoms with Gasteiger partial charge in [0.15, 0.2) is 16.8 Å². The molecular formula is C22H20O5P+. The highest BCUT2D eigenvalue weighted by Crippen LogP contribution is 2.40. The van der Waals surface area contributed by atoms with Gasteiger partial charge in [0.2, 0.25) is 16.8 Å². The van der Waals surface area contributed by atoms with E-state index in [0.717, 1.165) is 0 Å². The minimum absolute atomic E-state index is 0.275. The Bertz CT molecular complexity index is 1010. The number of hydrogen-bond donors (Lipinski definition) is 0. The van der Waals surface area contributed by atoms with Crippen LogP contribution in [0.4, 0.5) is 0 Å². The van der Waals surface area contributed by atoms with Crippen LogP contribution in [0.1, 0.15) is 15.9 Å². The topological polar surface area (TPSA) is 61.8 Å². The third kappa shape index (κ3) is 3.62. The van der Waals surface area contributed by atoms with Crippen LogP contribution in [0.3, 0.4) is 0 Å². The fourth-order valence-electron chi connectivity index (χ4n) is 2.97. The van der Waals surface area contributed by atoms with Crippen molar-refractivity contribution >= 4 is 24.2 Å². The van der Waals surface area contributed by atoms with E-state index in [9.17, 15) is 9.36 Å². The Morgan fingerprint density at radius 1 is 0.714 bits per heavy atom. The highest BCUT2D eigenvalue weighted by atomic mass is 31.1. The van der Waals surface area contributed by atoms with Crippen LogP contribution in [0.5, 0.6) is 17.2 Å². The van der Waals surface area contributed by atoms with Gasteiger partial charge < -0.3 is 14.2 Å². The molecule has 0 saturated carbocycles.